The normalized spacial score (nSPS) is 10.8. The van der Waals surface area contributed by atoms with Gasteiger partial charge >= 0.3 is 0 Å². The second-order valence-corrected chi connectivity index (χ2v) is 4.82. The maximum absolute atomic E-state index is 13.0. The molecule has 0 atom stereocenters. The second kappa shape index (κ2) is 6.96. The van der Waals surface area contributed by atoms with Gasteiger partial charge in [0.2, 0.25) is 0 Å². The maximum Gasteiger partial charge on any atom is 0.141 e. The smallest absolute Gasteiger partial charge is 0.141 e. The third kappa shape index (κ3) is 4.59. The van der Waals surface area contributed by atoms with Gasteiger partial charge in [0.05, 0.1) is 18.1 Å². The monoisotopic (exact) mass is 275 g/mol. The molecule has 2 aromatic rings. The van der Waals surface area contributed by atoms with Gasteiger partial charge in [-0.05, 0) is 18.2 Å². The predicted molar refractivity (Wildman–Crippen MR) is 74.7 cm³/mol. The molecule has 0 bridgehead atoms. The van der Waals surface area contributed by atoms with Gasteiger partial charge in [-0.15, -0.1) is 0 Å². The zero-order valence-electron chi connectivity index (χ0n) is 11.6. The molecule has 106 valence electrons. The van der Waals surface area contributed by atoms with Gasteiger partial charge in [0.15, 0.2) is 0 Å². The predicted octanol–water partition coefficient (Wildman–Crippen LogP) is 2.69. The summed E-state index contributed by atoms with van der Waals surface area (Å²) in [5.74, 6) is 0.293. The van der Waals surface area contributed by atoms with Crippen molar-refractivity contribution >= 4 is 0 Å². The molecule has 0 aliphatic carbocycles. The minimum absolute atomic E-state index is 0.274. The van der Waals surface area contributed by atoms with Crippen molar-refractivity contribution in [1.82, 2.24) is 15.3 Å². The lowest BCUT2D eigenvalue weighted by molar-refractivity contribution is 0.303. The minimum atomic E-state index is -0.362. The van der Waals surface area contributed by atoms with Crippen molar-refractivity contribution in [2.45, 2.75) is 33.0 Å². The Kier molecular flexibility index (Phi) is 5.01. The maximum atomic E-state index is 13.0. The highest BCUT2D eigenvalue weighted by Gasteiger charge is 2.00. The second-order valence-electron chi connectivity index (χ2n) is 4.82. The Morgan fingerprint density at radius 1 is 1.25 bits per heavy atom. The number of hydrogen-bond donors (Lipinski definition) is 1. The van der Waals surface area contributed by atoms with Gasteiger partial charge in [-0.3, -0.25) is 9.97 Å². The molecule has 2 rings (SSSR count). The lowest BCUT2D eigenvalue weighted by Crippen LogP contribution is -2.22. The Morgan fingerprint density at radius 3 is 2.75 bits per heavy atom. The zero-order chi connectivity index (χ0) is 14.4. The molecule has 5 heteroatoms. The van der Waals surface area contributed by atoms with Gasteiger partial charge < -0.3 is 10.1 Å². The largest absolute Gasteiger partial charge is 0.487 e. The average molecular weight is 275 g/mol. The average Bonchev–Trinajstić information content (AvgIpc) is 2.44. The highest BCUT2D eigenvalue weighted by Crippen LogP contribution is 2.12. The van der Waals surface area contributed by atoms with Crippen molar-refractivity contribution in [1.29, 1.82) is 0 Å². The number of nitrogens with zero attached hydrogens (tertiary/aromatic N) is 2. The van der Waals surface area contributed by atoms with E-state index in [0.717, 1.165) is 12.2 Å². The van der Waals surface area contributed by atoms with Crippen molar-refractivity contribution in [2.24, 2.45) is 0 Å². The quantitative estimate of drug-likeness (QED) is 0.880. The molecule has 1 N–H and O–H groups in total. The van der Waals surface area contributed by atoms with E-state index in [2.05, 4.69) is 29.1 Å². The van der Waals surface area contributed by atoms with Gasteiger partial charge in [0.25, 0.3) is 0 Å². The van der Waals surface area contributed by atoms with E-state index in [1.54, 1.807) is 12.4 Å². The molecule has 2 heterocycles. The van der Waals surface area contributed by atoms with Crippen LogP contribution < -0.4 is 10.1 Å². The van der Waals surface area contributed by atoms with Gasteiger partial charge in [0, 0.05) is 24.3 Å². The molecule has 0 saturated carbocycles. The van der Waals surface area contributed by atoms with Crippen LogP contribution in [0.15, 0.2) is 36.8 Å². The lowest BCUT2D eigenvalue weighted by atomic mass is 10.3. The fourth-order valence-electron chi connectivity index (χ4n) is 1.61. The van der Waals surface area contributed by atoms with Crippen molar-refractivity contribution in [3.05, 3.63) is 53.9 Å². The molecular weight excluding hydrogens is 257 g/mol. The summed E-state index contributed by atoms with van der Waals surface area (Å²) in [6, 6.07) is 5.60. The molecule has 0 spiro atoms. The van der Waals surface area contributed by atoms with Crippen LogP contribution in [0.5, 0.6) is 5.75 Å². The molecular formula is C15H18FN3O. The van der Waals surface area contributed by atoms with Crippen molar-refractivity contribution < 1.29 is 9.13 Å². The first-order valence-corrected chi connectivity index (χ1v) is 6.54. The SMILES string of the molecule is CC(C)NCc1ccc(OCc2cncc(F)c2)cn1. The van der Waals surface area contributed by atoms with E-state index in [0.29, 0.717) is 17.4 Å². The number of hydrogen-bond acceptors (Lipinski definition) is 4. The van der Waals surface area contributed by atoms with Crippen LogP contribution in [0.3, 0.4) is 0 Å². The molecule has 0 aliphatic heterocycles. The number of ether oxygens (including phenoxy) is 1. The summed E-state index contributed by atoms with van der Waals surface area (Å²) in [5, 5.41) is 3.29. The standard InChI is InChI=1S/C15H18FN3O/c1-11(2)18-8-14-3-4-15(9-19-14)20-10-12-5-13(16)7-17-6-12/h3-7,9,11,18H,8,10H2,1-2H3. The van der Waals surface area contributed by atoms with Crippen LogP contribution in [-0.4, -0.2) is 16.0 Å². The van der Waals surface area contributed by atoms with E-state index >= 15 is 0 Å². The molecule has 0 fully saturated rings. The molecule has 20 heavy (non-hydrogen) atoms. The molecule has 2 aromatic heterocycles. The Bertz CT molecular complexity index is 543. The van der Waals surface area contributed by atoms with Crippen LogP contribution in [0.4, 0.5) is 4.39 Å². The van der Waals surface area contributed by atoms with Crippen LogP contribution in [0.2, 0.25) is 0 Å². The molecule has 0 saturated heterocycles. The van der Waals surface area contributed by atoms with E-state index in [1.165, 1.54) is 12.3 Å². The van der Waals surface area contributed by atoms with Gasteiger partial charge in [-0.1, -0.05) is 13.8 Å². The molecule has 0 aromatic carbocycles. The third-order valence-electron chi connectivity index (χ3n) is 2.66. The number of nitrogens with one attached hydrogen (secondary N) is 1. The number of aromatic nitrogens is 2. The Morgan fingerprint density at radius 2 is 2.10 bits per heavy atom. The summed E-state index contributed by atoms with van der Waals surface area (Å²) in [5.41, 5.74) is 1.65. The molecule has 0 unspecified atom stereocenters. The van der Waals surface area contributed by atoms with E-state index in [-0.39, 0.29) is 12.4 Å². The number of pyridine rings is 2. The first-order chi connectivity index (χ1) is 9.63. The third-order valence-corrected chi connectivity index (χ3v) is 2.66. The number of halogens is 1. The summed E-state index contributed by atoms with van der Waals surface area (Å²) in [7, 11) is 0. The highest BCUT2D eigenvalue weighted by atomic mass is 19.1. The van der Waals surface area contributed by atoms with Gasteiger partial charge in [-0.25, -0.2) is 4.39 Å². The Balaban J connectivity index is 1.87. The van der Waals surface area contributed by atoms with Crippen LogP contribution in [0, 0.1) is 5.82 Å². The summed E-state index contributed by atoms with van der Waals surface area (Å²) in [6.45, 7) is 5.18. The van der Waals surface area contributed by atoms with Crippen LogP contribution >= 0.6 is 0 Å². The van der Waals surface area contributed by atoms with Gasteiger partial charge in [-0.2, -0.15) is 0 Å². The minimum Gasteiger partial charge on any atom is -0.487 e. The molecule has 0 radical (unpaired) electrons. The molecule has 0 amide bonds. The van der Waals surface area contributed by atoms with Crippen LogP contribution in [-0.2, 0) is 13.2 Å². The van der Waals surface area contributed by atoms with Crippen molar-refractivity contribution in [3.8, 4) is 5.75 Å². The summed E-state index contributed by atoms with van der Waals surface area (Å²) >= 11 is 0. The van der Waals surface area contributed by atoms with Crippen LogP contribution in [0.1, 0.15) is 25.1 Å². The van der Waals surface area contributed by atoms with Crippen molar-refractivity contribution in [2.75, 3.05) is 0 Å². The summed E-state index contributed by atoms with van der Waals surface area (Å²) in [4.78, 5) is 8.08. The summed E-state index contributed by atoms with van der Waals surface area (Å²) in [6.07, 6.45) is 4.42. The Labute approximate surface area is 118 Å². The van der Waals surface area contributed by atoms with E-state index in [1.807, 2.05) is 12.1 Å². The fourth-order valence-corrected chi connectivity index (χ4v) is 1.61. The van der Waals surface area contributed by atoms with Crippen molar-refractivity contribution in [3.63, 3.8) is 0 Å². The van der Waals surface area contributed by atoms with E-state index in [4.69, 9.17) is 4.74 Å². The highest BCUT2D eigenvalue weighted by molar-refractivity contribution is 5.20. The number of rotatable bonds is 6. The van der Waals surface area contributed by atoms with Gasteiger partial charge in [0.1, 0.15) is 18.2 Å². The van der Waals surface area contributed by atoms with E-state index in [9.17, 15) is 4.39 Å². The first kappa shape index (κ1) is 14.4. The Hall–Kier alpha value is -2.01. The fraction of sp³-hybridized carbons (Fsp3) is 0.333. The first-order valence-electron chi connectivity index (χ1n) is 6.54. The lowest BCUT2D eigenvalue weighted by Gasteiger charge is -2.09. The van der Waals surface area contributed by atoms with E-state index < -0.39 is 0 Å². The molecule has 0 aliphatic rings. The summed E-state index contributed by atoms with van der Waals surface area (Å²) < 4.78 is 18.5. The zero-order valence-corrected chi connectivity index (χ0v) is 11.6. The topological polar surface area (TPSA) is 47.0 Å². The molecule has 4 nitrogen and oxygen atoms in total. The van der Waals surface area contributed by atoms with Crippen LogP contribution in [0.25, 0.3) is 0 Å².